The molecule has 0 unspecified atom stereocenters. The minimum atomic E-state index is 0.281. The minimum absolute atomic E-state index is 0.281. The van der Waals surface area contributed by atoms with Crippen LogP contribution in [0.5, 0.6) is 0 Å². The smallest absolute Gasteiger partial charge is 0.00804 e. The Morgan fingerprint density at radius 2 is 1.60 bits per heavy atom. The second-order valence-electron chi connectivity index (χ2n) is 5.97. The Morgan fingerprint density at radius 3 is 2.20 bits per heavy atom. The lowest BCUT2D eigenvalue weighted by atomic mass is 9.63. The highest BCUT2D eigenvalue weighted by Crippen LogP contribution is 2.47. The van der Waals surface area contributed by atoms with Gasteiger partial charge in [0.15, 0.2) is 0 Å². The molecule has 0 spiro atoms. The standard InChI is InChI=1S/C14H20S/c1-13(2)8-9-14(3,4)12-10(13)6-5-7-11(12)15/h5-7,15H,8-9H2,1-4H3. The molecule has 0 nitrogen and oxygen atoms in total. The van der Waals surface area contributed by atoms with Gasteiger partial charge in [0.2, 0.25) is 0 Å². The first kappa shape index (κ1) is 11.1. The van der Waals surface area contributed by atoms with Gasteiger partial charge >= 0.3 is 0 Å². The van der Waals surface area contributed by atoms with Gasteiger partial charge in [0.25, 0.3) is 0 Å². The lowest BCUT2D eigenvalue weighted by Gasteiger charge is -2.42. The van der Waals surface area contributed by atoms with Gasteiger partial charge in [-0.25, -0.2) is 0 Å². The van der Waals surface area contributed by atoms with E-state index in [1.165, 1.54) is 24.0 Å². The first-order valence-electron chi connectivity index (χ1n) is 5.67. The van der Waals surface area contributed by atoms with E-state index in [4.69, 9.17) is 0 Å². The zero-order chi connectivity index (χ0) is 11.3. The average Bonchev–Trinajstić information content (AvgIpc) is 2.13. The number of fused-ring (bicyclic) bond motifs is 1. The Hall–Kier alpha value is -0.430. The third kappa shape index (κ3) is 1.71. The van der Waals surface area contributed by atoms with Crippen molar-refractivity contribution in [3.8, 4) is 0 Å². The summed E-state index contributed by atoms with van der Waals surface area (Å²) in [4.78, 5) is 1.16. The van der Waals surface area contributed by atoms with Gasteiger partial charge in [0.05, 0.1) is 0 Å². The highest BCUT2D eigenvalue weighted by atomic mass is 32.1. The maximum atomic E-state index is 4.63. The van der Waals surface area contributed by atoms with E-state index in [9.17, 15) is 0 Å². The molecule has 1 aliphatic carbocycles. The Morgan fingerprint density at radius 1 is 1.00 bits per heavy atom. The fourth-order valence-corrected chi connectivity index (χ4v) is 3.21. The molecule has 0 bridgehead atoms. The highest BCUT2D eigenvalue weighted by molar-refractivity contribution is 7.80. The Bertz CT molecular complexity index is 388. The van der Waals surface area contributed by atoms with Crippen molar-refractivity contribution in [2.75, 3.05) is 0 Å². The van der Waals surface area contributed by atoms with Crippen LogP contribution in [0.4, 0.5) is 0 Å². The molecule has 1 aromatic rings. The molecular weight excluding hydrogens is 200 g/mol. The molecule has 0 atom stereocenters. The summed E-state index contributed by atoms with van der Waals surface area (Å²) in [6, 6.07) is 6.52. The summed E-state index contributed by atoms with van der Waals surface area (Å²) in [7, 11) is 0. The van der Waals surface area contributed by atoms with Gasteiger partial charge in [-0.05, 0) is 40.9 Å². The summed E-state index contributed by atoms with van der Waals surface area (Å²) in [5.41, 5.74) is 3.54. The lowest BCUT2D eigenvalue weighted by Crippen LogP contribution is -2.34. The molecule has 15 heavy (non-hydrogen) atoms. The molecule has 0 aliphatic heterocycles. The van der Waals surface area contributed by atoms with Crippen LogP contribution in [0, 0.1) is 0 Å². The van der Waals surface area contributed by atoms with Crippen LogP contribution in [0.15, 0.2) is 23.1 Å². The molecule has 0 fully saturated rings. The first-order chi connectivity index (χ1) is 6.84. The number of benzene rings is 1. The predicted molar refractivity (Wildman–Crippen MR) is 69.0 cm³/mol. The first-order valence-corrected chi connectivity index (χ1v) is 6.12. The molecule has 82 valence electrons. The summed E-state index contributed by atoms with van der Waals surface area (Å²) in [6.07, 6.45) is 2.52. The predicted octanol–water partition coefficient (Wildman–Crippen LogP) is 4.32. The fraction of sp³-hybridized carbons (Fsp3) is 0.571. The fourth-order valence-electron chi connectivity index (χ4n) is 2.70. The zero-order valence-electron chi connectivity index (χ0n) is 10.1. The van der Waals surface area contributed by atoms with E-state index >= 15 is 0 Å². The monoisotopic (exact) mass is 220 g/mol. The third-order valence-corrected chi connectivity index (χ3v) is 4.20. The third-order valence-electron chi connectivity index (χ3n) is 3.82. The van der Waals surface area contributed by atoms with E-state index in [2.05, 4.69) is 58.5 Å². The number of rotatable bonds is 0. The van der Waals surface area contributed by atoms with Gasteiger partial charge in [-0.15, -0.1) is 12.6 Å². The van der Waals surface area contributed by atoms with Crippen LogP contribution in [0.3, 0.4) is 0 Å². The molecule has 0 aromatic heterocycles. The van der Waals surface area contributed by atoms with Crippen molar-refractivity contribution in [3.63, 3.8) is 0 Å². The largest absolute Gasteiger partial charge is 0.143 e. The van der Waals surface area contributed by atoms with Crippen molar-refractivity contribution in [2.45, 2.75) is 56.3 Å². The van der Waals surface area contributed by atoms with E-state index in [1.807, 2.05) is 0 Å². The van der Waals surface area contributed by atoms with Crippen molar-refractivity contribution in [1.82, 2.24) is 0 Å². The zero-order valence-corrected chi connectivity index (χ0v) is 11.0. The van der Waals surface area contributed by atoms with Crippen molar-refractivity contribution in [3.05, 3.63) is 29.3 Å². The van der Waals surface area contributed by atoms with Crippen LogP contribution in [0.1, 0.15) is 51.7 Å². The molecule has 2 rings (SSSR count). The van der Waals surface area contributed by atoms with Crippen LogP contribution >= 0.6 is 12.6 Å². The van der Waals surface area contributed by atoms with E-state index < -0.39 is 0 Å². The molecule has 0 amide bonds. The van der Waals surface area contributed by atoms with Crippen molar-refractivity contribution < 1.29 is 0 Å². The molecule has 1 aliphatic rings. The topological polar surface area (TPSA) is 0 Å². The van der Waals surface area contributed by atoms with Crippen molar-refractivity contribution in [1.29, 1.82) is 0 Å². The van der Waals surface area contributed by atoms with Gasteiger partial charge in [0, 0.05) is 4.90 Å². The normalized spacial score (nSPS) is 22.2. The van der Waals surface area contributed by atoms with Gasteiger partial charge in [-0.3, -0.25) is 0 Å². The van der Waals surface area contributed by atoms with Gasteiger partial charge in [-0.2, -0.15) is 0 Å². The summed E-state index contributed by atoms with van der Waals surface area (Å²) in [5.74, 6) is 0. The van der Waals surface area contributed by atoms with E-state index in [0.717, 1.165) is 4.90 Å². The molecule has 0 heterocycles. The van der Waals surface area contributed by atoms with E-state index in [1.54, 1.807) is 0 Å². The van der Waals surface area contributed by atoms with Crippen LogP contribution in [-0.4, -0.2) is 0 Å². The molecule has 1 heteroatoms. The molecule has 0 saturated carbocycles. The number of thiol groups is 1. The molecule has 1 aromatic carbocycles. The summed E-state index contributed by atoms with van der Waals surface area (Å²) >= 11 is 4.63. The second kappa shape index (κ2) is 3.28. The summed E-state index contributed by atoms with van der Waals surface area (Å²) < 4.78 is 0. The average molecular weight is 220 g/mol. The Kier molecular flexibility index (Phi) is 2.42. The van der Waals surface area contributed by atoms with Gasteiger partial charge < -0.3 is 0 Å². The molecular formula is C14H20S. The Labute approximate surface area is 98.5 Å². The van der Waals surface area contributed by atoms with Crippen LogP contribution < -0.4 is 0 Å². The van der Waals surface area contributed by atoms with E-state index in [-0.39, 0.29) is 5.41 Å². The van der Waals surface area contributed by atoms with Gasteiger partial charge in [0.1, 0.15) is 0 Å². The quantitative estimate of drug-likeness (QED) is 0.618. The number of hydrogen-bond acceptors (Lipinski definition) is 1. The van der Waals surface area contributed by atoms with Crippen molar-refractivity contribution >= 4 is 12.6 Å². The van der Waals surface area contributed by atoms with Crippen LogP contribution in [-0.2, 0) is 10.8 Å². The maximum Gasteiger partial charge on any atom is 0.00804 e. The maximum absolute atomic E-state index is 4.63. The number of hydrogen-bond donors (Lipinski definition) is 1. The SMILES string of the molecule is CC1(C)CCC(C)(C)c2c(S)cccc21. The van der Waals surface area contributed by atoms with Crippen molar-refractivity contribution in [2.24, 2.45) is 0 Å². The molecule has 0 N–H and O–H groups in total. The highest BCUT2D eigenvalue weighted by Gasteiger charge is 2.37. The van der Waals surface area contributed by atoms with Crippen LogP contribution in [0.2, 0.25) is 0 Å². The molecule has 0 saturated heterocycles. The second-order valence-corrected chi connectivity index (χ2v) is 6.45. The van der Waals surface area contributed by atoms with Gasteiger partial charge in [-0.1, -0.05) is 39.8 Å². The summed E-state index contributed by atoms with van der Waals surface area (Å²) in [5, 5.41) is 0. The lowest BCUT2D eigenvalue weighted by molar-refractivity contribution is 0.327. The summed E-state index contributed by atoms with van der Waals surface area (Å²) in [6.45, 7) is 9.35. The van der Waals surface area contributed by atoms with E-state index in [0.29, 0.717) is 5.41 Å². The molecule has 0 radical (unpaired) electrons. The Balaban J connectivity index is 2.70. The van der Waals surface area contributed by atoms with Crippen LogP contribution in [0.25, 0.3) is 0 Å². The minimum Gasteiger partial charge on any atom is -0.143 e.